The van der Waals surface area contributed by atoms with Crippen LogP contribution in [0.4, 0.5) is 29.1 Å². The van der Waals surface area contributed by atoms with E-state index in [1.165, 1.54) is 29.3 Å². The first-order valence-corrected chi connectivity index (χ1v) is 12.6. The summed E-state index contributed by atoms with van der Waals surface area (Å²) in [6.45, 7) is -0.324. The smallest absolute Gasteiger partial charge is 0.349 e. The first kappa shape index (κ1) is 27.1. The maximum absolute atomic E-state index is 15.2. The molecule has 1 N–H and O–H groups in total. The molecular formula is C27H20F4N6O2S. The van der Waals surface area contributed by atoms with E-state index in [4.69, 9.17) is 17.5 Å². The van der Waals surface area contributed by atoms with Crippen LogP contribution in [0.25, 0.3) is 0 Å². The highest BCUT2D eigenvalue weighted by Gasteiger charge is 2.60. The van der Waals surface area contributed by atoms with Crippen LogP contribution in [-0.2, 0) is 11.0 Å². The molecule has 1 atom stereocenters. The molecule has 0 radical (unpaired) electrons. The predicted octanol–water partition coefficient (Wildman–Crippen LogP) is 4.87. The molecule has 1 saturated carbocycles. The van der Waals surface area contributed by atoms with Crippen molar-refractivity contribution in [3.8, 4) is 6.07 Å². The normalized spacial score (nSPS) is 17.0. The molecule has 2 aliphatic rings. The van der Waals surface area contributed by atoms with Gasteiger partial charge in [-0.05, 0) is 67.4 Å². The lowest BCUT2D eigenvalue weighted by molar-refractivity contribution is -0.138. The Hall–Kier alpha value is -4.44. The summed E-state index contributed by atoms with van der Waals surface area (Å²) in [6.07, 6.45) is -2.80. The minimum atomic E-state index is -4.88. The lowest BCUT2D eigenvalue weighted by atomic mass is 9.75. The van der Waals surface area contributed by atoms with E-state index in [0.717, 1.165) is 11.1 Å². The molecule has 2 aromatic heterocycles. The van der Waals surface area contributed by atoms with Crippen molar-refractivity contribution in [2.45, 2.75) is 37.1 Å². The van der Waals surface area contributed by atoms with Crippen LogP contribution in [0.3, 0.4) is 0 Å². The number of carbonyl (C=O) groups is 2. The number of benzene rings is 1. The molecule has 1 unspecified atom stereocenters. The highest BCUT2D eigenvalue weighted by molar-refractivity contribution is 7.81. The average Bonchev–Trinajstić information content (AvgIpc) is 3.17. The van der Waals surface area contributed by atoms with Crippen molar-refractivity contribution in [3.05, 3.63) is 83.3 Å². The largest absolute Gasteiger partial charge is 0.419 e. The summed E-state index contributed by atoms with van der Waals surface area (Å²) in [7, 11) is 0. The van der Waals surface area contributed by atoms with Crippen LogP contribution in [0.15, 0.2) is 60.9 Å². The molecule has 1 aliphatic carbocycles. The lowest BCUT2D eigenvalue weighted by Gasteiger charge is -2.42. The number of nitriles is 1. The maximum Gasteiger partial charge on any atom is 0.419 e. The van der Waals surface area contributed by atoms with E-state index < -0.39 is 41.0 Å². The van der Waals surface area contributed by atoms with Crippen LogP contribution in [0.5, 0.6) is 0 Å². The van der Waals surface area contributed by atoms with E-state index in [0.29, 0.717) is 30.9 Å². The van der Waals surface area contributed by atoms with Gasteiger partial charge in [0.1, 0.15) is 23.6 Å². The van der Waals surface area contributed by atoms with E-state index in [9.17, 15) is 22.8 Å². The van der Waals surface area contributed by atoms with Gasteiger partial charge < -0.3 is 5.32 Å². The van der Waals surface area contributed by atoms with Crippen LogP contribution in [0, 0.1) is 11.3 Å². The average molecular weight is 569 g/mol. The zero-order valence-corrected chi connectivity index (χ0v) is 21.5. The standard InChI is InChI=1S/C27H20F4N6O2S/c28-20(15-35-23(38)16-5-2-1-3-6-16)17-7-10-33-22(11-17)37-25(40)36(24(39)26(37)8-4-9-26)18-12-19(27(29,30)31)21(13-32)34-14-18/h1-3,5-7,10-12,14,20H,4,8-9,15H2,(H,35,38). The molecule has 0 bridgehead atoms. The Labute approximate surface area is 231 Å². The number of halogens is 4. The van der Waals surface area contributed by atoms with Crippen LogP contribution in [0.2, 0.25) is 0 Å². The molecule has 2 fully saturated rings. The van der Waals surface area contributed by atoms with Gasteiger partial charge >= 0.3 is 6.18 Å². The Balaban J connectivity index is 1.43. The number of hydrogen-bond donors (Lipinski definition) is 1. The third kappa shape index (κ3) is 4.64. The Morgan fingerprint density at radius 1 is 1.18 bits per heavy atom. The third-order valence-electron chi connectivity index (χ3n) is 6.97. The Morgan fingerprint density at radius 2 is 1.90 bits per heavy atom. The number of aromatic nitrogens is 2. The van der Waals surface area contributed by atoms with Crippen molar-refractivity contribution in [1.82, 2.24) is 15.3 Å². The first-order valence-electron chi connectivity index (χ1n) is 12.2. The number of nitrogens with zero attached hydrogens (tertiary/aromatic N) is 5. The minimum Gasteiger partial charge on any atom is -0.349 e. The number of thiocarbonyl (C=S) groups is 1. The molecule has 1 saturated heterocycles. The first-order chi connectivity index (χ1) is 19.1. The number of amides is 2. The van der Waals surface area contributed by atoms with Crippen LogP contribution in [0.1, 0.15) is 52.6 Å². The zero-order chi connectivity index (χ0) is 28.7. The summed E-state index contributed by atoms with van der Waals surface area (Å²) >= 11 is 5.56. The van der Waals surface area contributed by atoms with Crippen LogP contribution >= 0.6 is 12.2 Å². The summed E-state index contributed by atoms with van der Waals surface area (Å²) in [5.41, 5.74) is -3.00. The van der Waals surface area contributed by atoms with Gasteiger partial charge in [0.15, 0.2) is 10.8 Å². The van der Waals surface area contributed by atoms with E-state index >= 15 is 4.39 Å². The van der Waals surface area contributed by atoms with Gasteiger partial charge in [0.25, 0.3) is 11.8 Å². The van der Waals surface area contributed by atoms with E-state index in [2.05, 4.69) is 15.3 Å². The summed E-state index contributed by atoms with van der Waals surface area (Å²) in [5, 5.41) is 11.5. The van der Waals surface area contributed by atoms with Gasteiger partial charge in [-0.1, -0.05) is 18.2 Å². The quantitative estimate of drug-likeness (QED) is 0.335. The van der Waals surface area contributed by atoms with Gasteiger partial charge in [-0.3, -0.25) is 19.4 Å². The van der Waals surface area contributed by atoms with E-state index in [1.807, 2.05) is 0 Å². The molecule has 5 rings (SSSR count). The maximum atomic E-state index is 15.2. The van der Waals surface area contributed by atoms with Crippen molar-refractivity contribution < 1.29 is 27.2 Å². The second-order valence-corrected chi connectivity index (χ2v) is 9.70. The van der Waals surface area contributed by atoms with Gasteiger partial charge in [-0.15, -0.1) is 0 Å². The molecular weight excluding hydrogens is 548 g/mol. The molecule has 1 spiro atoms. The molecule has 3 aromatic rings. The lowest BCUT2D eigenvalue weighted by Crippen LogP contribution is -2.55. The number of carbonyl (C=O) groups excluding carboxylic acids is 2. The molecule has 8 nitrogen and oxygen atoms in total. The summed E-state index contributed by atoms with van der Waals surface area (Å²) in [4.78, 5) is 36.2. The van der Waals surface area contributed by atoms with Gasteiger partial charge in [0.2, 0.25) is 0 Å². The number of alkyl halides is 4. The second-order valence-electron chi connectivity index (χ2n) is 9.33. The fraction of sp³-hybridized carbons (Fsp3) is 0.259. The molecule has 1 aliphatic heterocycles. The summed E-state index contributed by atoms with van der Waals surface area (Å²) < 4.78 is 56.0. The molecule has 13 heteroatoms. The van der Waals surface area contributed by atoms with Crippen molar-refractivity contribution in [3.63, 3.8) is 0 Å². The molecule has 3 heterocycles. The third-order valence-corrected chi connectivity index (χ3v) is 7.34. The van der Waals surface area contributed by atoms with E-state index in [1.54, 1.807) is 30.3 Å². The van der Waals surface area contributed by atoms with Gasteiger partial charge in [-0.2, -0.15) is 18.4 Å². The van der Waals surface area contributed by atoms with Crippen molar-refractivity contribution >= 4 is 40.6 Å². The van der Waals surface area contributed by atoms with Crippen LogP contribution in [-0.4, -0.2) is 39.0 Å². The SMILES string of the molecule is N#Cc1ncc(N2C(=O)C3(CCC3)N(c3cc(C(F)CNC(=O)c4ccccc4)ccn3)C2=S)cc1C(F)(F)F. The Kier molecular flexibility index (Phi) is 6.97. The minimum absolute atomic E-state index is 0.137. The Morgan fingerprint density at radius 3 is 2.52 bits per heavy atom. The van der Waals surface area contributed by atoms with Gasteiger partial charge in [-0.25, -0.2) is 14.4 Å². The van der Waals surface area contributed by atoms with Crippen LogP contribution < -0.4 is 15.1 Å². The zero-order valence-electron chi connectivity index (χ0n) is 20.7. The topological polar surface area (TPSA) is 102 Å². The molecule has 1 aromatic carbocycles. The van der Waals surface area contributed by atoms with Crippen molar-refractivity contribution in [2.75, 3.05) is 16.3 Å². The number of pyridine rings is 2. The molecule has 2 amide bonds. The number of rotatable bonds is 6. The number of nitrogens with one attached hydrogen (secondary N) is 1. The summed E-state index contributed by atoms with van der Waals surface area (Å²) in [5.74, 6) is -0.850. The summed E-state index contributed by atoms with van der Waals surface area (Å²) in [6, 6.07) is 13.2. The fourth-order valence-corrected chi connectivity index (χ4v) is 5.25. The fourth-order valence-electron chi connectivity index (χ4n) is 4.79. The number of anilines is 2. The Bertz CT molecular complexity index is 1540. The molecule has 204 valence electrons. The predicted molar refractivity (Wildman–Crippen MR) is 140 cm³/mol. The number of hydrogen-bond acceptors (Lipinski definition) is 6. The second kappa shape index (κ2) is 10.3. The molecule has 40 heavy (non-hydrogen) atoms. The van der Waals surface area contributed by atoms with Crippen molar-refractivity contribution in [1.29, 1.82) is 5.26 Å². The van der Waals surface area contributed by atoms with E-state index in [-0.39, 0.29) is 28.7 Å². The monoisotopic (exact) mass is 568 g/mol. The van der Waals surface area contributed by atoms with Crippen molar-refractivity contribution in [2.24, 2.45) is 0 Å². The highest BCUT2D eigenvalue weighted by atomic mass is 32.1. The van der Waals surface area contributed by atoms with Gasteiger partial charge in [0.05, 0.1) is 24.0 Å². The van der Waals surface area contributed by atoms with Gasteiger partial charge in [0, 0.05) is 11.8 Å². The highest BCUT2D eigenvalue weighted by Crippen LogP contribution is 2.48.